The number of nitrogens with one attached hydrogen (secondary N) is 1. The van der Waals surface area contributed by atoms with Crippen molar-refractivity contribution in [1.82, 2.24) is 9.97 Å². The van der Waals surface area contributed by atoms with Crippen molar-refractivity contribution >= 4 is 26.6 Å². The maximum atomic E-state index is 13.0. The molecule has 2 aromatic rings. The first-order valence-corrected chi connectivity index (χ1v) is 9.31. The van der Waals surface area contributed by atoms with Crippen molar-refractivity contribution in [2.24, 2.45) is 5.41 Å². The second-order valence-electron chi connectivity index (χ2n) is 6.17. The van der Waals surface area contributed by atoms with E-state index in [1.165, 1.54) is 6.26 Å². The lowest BCUT2D eigenvalue weighted by Gasteiger charge is -2.16. The molecular formula is C15H17F2N3O2S. The van der Waals surface area contributed by atoms with Crippen molar-refractivity contribution in [1.29, 1.82) is 0 Å². The number of fused-ring (bicyclic) bond motifs is 1. The summed E-state index contributed by atoms with van der Waals surface area (Å²) in [6.45, 7) is 0.393. The fourth-order valence-corrected chi connectivity index (χ4v) is 4.21. The number of nitrogens with zero attached hydrogens (tertiary/aromatic N) is 2. The van der Waals surface area contributed by atoms with Gasteiger partial charge in [0.05, 0.1) is 11.3 Å². The molecule has 5 nitrogen and oxygen atoms in total. The molecule has 1 aromatic carbocycles. The third-order valence-electron chi connectivity index (χ3n) is 3.97. The summed E-state index contributed by atoms with van der Waals surface area (Å²) >= 11 is 0. The Morgan fingerprint density at radius 2 is 1.96 bits per heavy atom. The number of anilines is 1. The first kappa shape index (κ1) is 16.0. The van der Waals surface area contributed by atoms with Gasteiger partial charge in [0.2, 0.25) is 0 Å². The van der Waals surface area contributed by atoms with Crippen molar-refractivity contribution < 1.29 is 17.2 Å². The molecule has 23 heavy (non-hydrogen) atoms. The van der Waals surface area contributed by atoms with E-state index in [0.29, 0.717) is 23.3 Å². The zero-order valence-electron chi connectivity index (χ0n) is 12.6. The third kappa shape index (κ3) is 3.74. The molecule has 1 aliphatic carbocycles. The van der Waals surface area contributed by atoms with E-state index in [9.17, 15) is 17.2 Å². The van der Waals surface area contributed by atoms with Gasteiger partial charge in [-0.1, -0.05) is 12.1 Å². The Labute approximate surface area is 133 Å². The van der Waals surface area contributed by atoms with E-state index in [1.807, 2.05) is 0 Å². The Balaban J connectivity index is 1.88. The number of hydrogen-bond donors (Lipinski definition) is 1. The number of halogens is 2. The maximum absolute atomic E-state index is 13.0. The minimum Gasteiger partial charge on any atom is -0.369 e. The van der Waals surface area contributed by atoms with E-state index in [0.717, 1.165) is 12.8 Å². The highest BCUT2D eigenvalue weighted by atomic mass is 32.2. The molecular weight excluding hydrogens is 324 g/mol. The Morgan fingerprint density at radius 1 is 1.26 bits per heavy atom. The Bertz CT molecular complexity index is 836. The maximum Gasteiger partial charge on any atom is 0.297 e. The summed E-state index contributed by atoms with van der Waals surface area (Å²) in [6, 6.07) is 6.91. The van der Waals surface area contributed by atoms with Crippen LogP contribution in [0.2, 0.25) is 0 Å². The number of rotatable bonds is 6. The molecule has 1 saturated carbocycles. The fraction of sp³-hybridized carbons (Fsp3) is 0.467. The van der Waals surface area contributed by atoms with Gasteiger partial charge in [-0.15, -0.1) is 0 Å². The van der Waals surface area contributed by atoms with Gasteiger partial charge in [0.1, 0.15) is 15.7 Å². The molecule has 1 N–H and O–H groups in total. The van der Waals surface area contributed by atoms with Crippen LogP contribution in [0.15, 0.2) is 24.3 Å². The highest BCUT2D eigenvalue weighted by molar-refractivity contribution is 7.90. The van der Waals surface area contributed by atoms with Crippen LogP contribution in [-0.4, -0.2) is 36.9 Å². The summed E-state index contributed by atoms with van der Waals surface area (Å²) < 4.78 is 48.9. The molecule has 0 amide bonds. The van der Waals surface area contributed by atoms with Crippen molar-refractivity contribution in [2.75, 3.05) is 23.9 Å². The van der Waals surface area contributed by atoms with E-state index in [-0.39, 0.29) is 11.2 Å². The van der Waals surface area contributed by atoms with Gasteiger partial charge < -0.3 is 5.32 Å². The second-order valence-corrected chi connectivity index (χ2v) is 8.31. The molecule has 0 spiro atoms. The largest absolute Gasteiger partial charge is 0.369 e. The lowest BCUT2D eigenvalue weighted by atomic mass is 10.1. The van der Waals surface area contributed by atoms with E-state index in [1.54, 1.807) is 24.3 Å². The molecule has 0 bridgehead atoms. The highest BCUT2D eigenvalue weighted by Gasteiger charge is 2.45. The van der Waals surface area contributed by atoms with Crippen LogP contribution in [0, 0.1) is 5.41 Å². The Hall–Kier alpha value is -1.83. The van der Waals surface area contributed by atoms with Gasteiger partial charge in [0.15, 0.2) is 5.82 Å². The zero-order chi connectivity index (χ0) is 16.7. The van der Waals surface area contributed by atoms with Crippen molar-refractivity contribution in [2.45, 2.75) is 19.3 Å². The van der Waals surface area contributed by atoms with E-state index in [4.69, 9.17) is 0 Å². The zero-order valence-corrected chi connectivity index (χ0v) is 13.4. The van der Waals surface area contributed by atoms with Gasteiger partial charge in [0, 0.05) is 23.6 Å². The fourth-order valence-electron chi connectivity index (χ4n) is 2.70. The summed E-state index contributed by atoms with van der Waals surface area (Å²) in [4.78, 5) is 7.76. The van der Waals surface area contributed by atoms with Gasteiger partial charge >= 0.3 is 0 Å². The van der Waals surface area contributed by atoms with Gasteiger partial charge in [-0.05, 0) is 25.0 Å². The molecule has 0 aliphatic heterocycles. The standard InChI is InChI=1S/C15H17F2N3O2S/c1-23(21,22)9-15(6-7-15)8-18-13-10-4-2-3-5-11(10)19-14(20-13)12(16)17/h2-5,12H,6-9H2,1H3,(H,18,19,20). The SMILES string of the molecule is CS(=O)(=O)CC1(CNc2nc(C(F)F)nc3ccccc23)CC1. The van der Waals surface area contributed by atoms with Crippen molar-refractivity contribution in [3.05, 3.63) is 30.1 Å². The predicted molar refractivity (Wildman–Crippen MR) is 84.4 cm³/mol. The Kier molecular flexibility index (Phi) is 3.95. The molecule has 0 radical (unpaired) electrons. The number of sulfone groups is 1. The first-order valence-electron chi connectivity index (χ1n) is 7.24. The lowest BCUT2D eigenvalue weighted by Crippen LogP contribution is -2.24. The van der Waals surface area contributed by atoms with Crippen molar-refractivity contribution in [3.63, 3.8) is 0 Å². The first-order chi connectivity index (χ1) is 10.8. The third-order valence-corrected chi connectivity index (χ3v) is 5.11. The number of hydrogen-bond acceptors (Lipinski definition) is 5. The van der Waals surface area contributed by atoms with Crippen molar-refractivity contribution in [3.8, 4) is 0 Å². The molecule has 1 fully saturated rings. The molecule has 124 valence electrons. The number of para-hydroxylation sites is 1. The van der Waals surface area contributed by atoms with Gasteiger partial charge in [-0.2, -0.15) is 0 Å². The molecule has 0 atom stereocenters. The molecule has 1 aromatic heterocycles. The lowest BCUT2D eigenvalue weighted by molar-refractivity contribution is 0.141. The molecule has 1 heterocycles. The topological polar surface area (TPSA) is 72.0 Å². The number of aromatic nitrogens is 2. The van der Waals surface area contributed by atoms with Crippen LogP contribution in [0.1, 0.15) is 25.1 Å². The molecule has 1 aliphatic rings. The summed E-state index contributed by atoms with van der Waals surface area (Å²) in [5, 5.41) is 3.70. The van der Waals surface area contributed by atoms with E-state index >= 15 is 0 Å². The van der Waals surface area contributed by atoms with Crippen LogP contribution in [0.5, 0.6) is 0 Å². The normalized spacial score (nSPS) is 16.7. The summed E-state index contributed by atoms with van der Waals surface area (Å²) in [7, 11) is -3.08. The number of benzene rings is 1. The quantitative estimate of drug-likeness (QED) is 0.875. The molecule has 8 heteroatoms. The van der Waals surface area contributed by atoms with E-state index in [2.05, 4.69) is 15.3 Å². The second kappa shape index (κ2) is 5.67. The van der Waals surface area contributed by atoms with Crippen LogP contribution in [0.3, 0.4) is 0 Å². The predicted octanol–water partition coefficient (Wildman–Crippen LogP) is 2.80. The average molecular weight is 341 g/mol. The highest BCUT2D eigenvalue weighted by Crippen LogP contribution is 2.46. The van der Waals surface area contributed by atoms with Crippen LogP contribution in [0.25, 0.3) is 10.9 Å². The molecule has 0 saturated heterocycles. The average Bonchev–Trinajstić information content (AvgIpc) is 3.22. The van der Waals surface area contributed by atoms with E-state index < -0.39 is 22.1 Å². The minimum absolute atomic E-state index is 0.0950. The molecule has 3 rings (SSSR count). The monoisotopic (exact) mass is 341 g/mol. The van der Waals surface area contributed by atoms with Gasteiger partial charge in [-0.25, -0.2) is 27.2 Å². The van der Waals surface area contributed by atoms with Crippen LogP contribution in [-0.2, 0) is 9.84 Å². The summed E-state index contributed by atoms with van der Waals surface area (Å²) in [5.74, 6) is -0.109. The van der Waals surface area contributed by atoms with Gasteiger partial charge in [-0.3, -0.25) is 0 Å². The van der Waals surface area contributed by atoms with Gasteiger partial charge in [0.25, 0.3) is 6.43 Å². The van der Waals surface area contributed by atoms with Crippen LogP contribution < -0.4 is 5.32 Å². The van der Waals surface area contributed by atoms with Crippen LogP contribution in [0.4, 0.5) is 14.6 Å². The van der Waals surface area contributed by atoms with Crippen LogP contribution >= 0.6 is 0 Å². The summed E-state index contributed by atoms with van der Waals surface area (Å²) in [5.41, 5.74) is 0.123. The smallest absolute Gasteiger partial charge is 0.297 e. The number of alkyl halides is 2. The molecule has 0 unspecified atom stereocenters. The Morgan fingerprint density at radius 3 is 2.57 bits per heavy atom. The minimum atomic E-state index is -3.08. The summed E-state index contributed by atoms with van der Waals surface area (Å²) in [6.07, 6.45) is 0.0588.